The maximum atomic E-state index is 12.1. The van der Waals surface area contributed by atoms with Gasteiger partial charge in [0.1, 0.15) is 5.82 Å². The van der Waals surface area contributed by atoms with Gasteiger partial charge in [-0.2, -0.15) is 13.2 Å². The predicted molar refractivity (Wildman–Crippen MR) is 51.4 cm³/mol. The van der Waals surface area contributed by atoms with Crippen LogP contribution in [0.15, 0.2) is 18.3 Å². The number of anilines is 1. The van der Waals surface area contributed by atoms with Crippen LogP contribution in [-0.2, 0) is 6.18 Å². The van der Waals surface area contributed by atoms with Gasteiger partial charge >= 0.3 is 6.18 Å². The number of nitrogens with one attached hydrogen (secondary N) is 1. The Hall–Kier alpha value is -1.30. The van der Waals surface area contributed by atoms with Crippen LogP contribution in [0.4, 0.5) is 19.0 Å². The minimum Gasteiger partial charge on any atom is -0.370 e. The lowest BCUT2D eigenvalue weighted by Gasteiger charge is -2.07. The van der Waals surface area contributed by atoms with Gasteiger partial charge in [0, 0.05) is 12.7 Å². The van der Waals surface area contributed by atoms with Crippen LogP contribution >= 0.6 is 0 Å². The van der Waals surface area contributed by atoms with Crippen LogP contribution in [0, 0.1) is 0 Å². The molecule has 1 heterocycles. The highest BCUT2D eigenvalue weighted by molar-refractivity contribution is 5.35. The summed E-state index contributed by atoms with van der Waals surface area (Å²) in [6, 6.07) is 2.30. The minimum atomic E-state index is -4.33. The fourth-order valence-electron chi connectivity index (χ4n) is 0.985. The van der Waals surface area contributed by atoms with E-state index >= 15 is 0 Å². The first-order valence-electron chi connectivity index (χ1n) is 4.51. The van der Waals surface area contributed by atoms with E-state index in [0.29, 0.717) is 18.9 Å². The molecular formula is C9H12F3N3. The van der Waals surface area contributed by atoms with E-state index in [1.54, 1.807) is 0 Å². The largest absolute Gasteiger partial charge is 0.417 e. The van der Waals surface area contributed by atoms with Gasteiger partial charge in [-0.3, -0.25) is 0 Å². The molecule has 0 unspecified atom stereocenters. The molecule has 0 spiro atoms. The standard InChI is InChI=1S/C9H12F3N3/c10-9(11,12)7-2-3-8(15-6-7)14-5-1-4-13/h2-3,6H,1,4-5,13H2,(H,14,15). The zero-order valence-electron chi connectivity index (χ0n) is 8.01. The first kappa shape index (κ1) is 11.8. The van der Waals surface area contributed by atoms with Gasteiger partial charge in [0.2, 0.25) is 0 Å². The number of alkyl halides is 3. The molecule has 0 aliphatic carbocycles. The van der Waals surface area contributed by atoms with Crippen molar-refractivity contribution >= 4 is 5.82 Å². The summed E-state index contributed by atoms with van der Waals surface area (Å²) < 4.78 is 36.4. The van der Waals surface area contributed by atoms with Crippen molar-refractivity contribution in [1.29, 1.82) is 0 Å². The lowest BCUT2D eigenvalue weighted by atomic mass is 10.3. The molecule has 0 aliphatic rings. The number of nitrogens with zero attached hydrogens (tertiary/aromatic N) is 1. The molecule has 0 saturated carbocycles. The van der Waals surface area contributed by atoms with Crippen molar-refractivity contribution in [3.8, 4) is 0 Å². The van der Waals surface area contributed by atoms with Gasteiger partial charge in [-0.1, -0.05) is 0 Å². The number of pyridine rings is 1. The first-order valence-corrected chi connectivity index (χ1v) is 4.51. The molecule has 0 bridgehead atoms. The van der Waals surface area contributed by atoms with Gasteiger partial charge in [0.25, 0.3) is 0 Å². The average molecular weight is 219 g/mol. The SMILES string of the molecule is NCCCNc1ccc(C(F)(F)F)cn1. The van der Waals surface area contributed by atoms with E-state index in [1.807, 2.05) is 0 Å². The molecule has 3 N–H and O–H groups in total. The Morgan fingerprint density at radius 1 is 1.33 bits per heavy atom. The van der Waals surface area contributed by atoms with E-state index in [2.05, 4.69) is 10.3 Å². The molecule has 1 aromatic heterocycles. The Labute approximate surface area is 85.5 Å². The Morgan fingerprint density at radius 2 is 2.07 bits per heavy atom. The molecule has 0 atom stereocenters. The van der Waals surface area contributed by atoms with E-state index in [1.165, 1.54) is 6.07 Å². The molecule has 0 radical (unpaired) electrons. The first-order chi connectivity index (χ1) is 7.04. The summed E-state index contributed by atoms with van der Waals surface area (Å²) in [4.78, 5) is 3.65. The highest BCUT2D eigenvalue weighted by Crippen LogP contribution is 2.28. The van der Waals surface area contributed by atoms with Crippen LogP contribution in [0.25, 0.3) is 0 Å². The molecular weight excluding hydrogens is 207 g/mol. The highest BCUT2D eigenvalue weighted by atomic mass is 19.4. The second-order valence-corrected chi connectivity index (χ2v) is 3.00. The summed E-state index contributed by atoms with van der Waals surface area (Å²) in [5, 5.41) is 2.87. The Morgan fingerprint density at radius 3 is 2.53 bits per heavy atom. The van der Waals surface area contributed by atoms with Crippen molar-refractivity contribution < 1.29 is 13.2 Å². The predicted octanol–water partition coefficient (Wildman–Crippen LogP) is 1.86. The van der Waals surface area contributed by atoms with E-state index in [-0.39, 0.29) is 0 Å². The zero-order chi connectivity index (χ0) is 11.3. The van der Waals surface area contributed by atoms with Crippen molar-refractivity contribution in [2.75, 3.05) is 18.4 Å². The molecule has 0 aromatic carbocycles. The lowest BCUT2D eigenvalue weighted by molar-refractivity contribution is -0.137. The molecule has 0 amide bonds. The third-order valence-corrected chi connectivity index (χ3v) is 1.78. The molecule has 1 rings (SSSR count). The molecule has 3 nitrogen and oxygen atoms in total. The number of aromatic nitrogens is 1. The second kappa shape index (κ2) is 4.97. The molecule has 15 heavy (non-hydrogen) atoms. The van der Waals surface area contributed by atoms with E-state index in [0.717, 1.165) is 18.7 Å². The van der Waals surface area contributed by atoms with Crippen molar-refractivity contribution in [3.63, 3.8) is 0 Å². The zero-order valence-corrected chi connectivity index (χ0v) is 8.01. The van der Waals surface area contributed by atoms with E-state index in [9.17, 15) is 13.2 Å². The Balaban J connectivity index is 2.57. The minimum absolute atomic E-state index is 0.427. The highest BCUT2D eigenvalue weighted by Gasteiger charge is 2.30. The summed E-state index contributed by atoms with van der Waals surface area (Å²) in [6.07, 6.45) is -2.77. The van der Waals surface area contributed by atoms with Gasteiger partial charge in [0.05, 0.1) is 5.56 Å². The fourth-order valence-corrected chi connectivity index (χ4v) is 0.985. The summed E-state index contributed by atoms with van der Waals surface area (Å²) in [5.41, 5.74) is 4.52. The van der Waals surface area contributed by atoms with Gasteiger partial charge in [0.15, 0.2) is 0 Å². The third-order valence-electron chi connectivity index (χ3n) is 1.78. The van der Waals surface area contributed by atoms with Gasteiger partial charge < -0.3 is 11.1 Å². The summed E-state index contributed by atoms with van der Waals surface area (Å²) in [5.74, 6) is 0.427. The van der Waals surface area contributed by atoms with Crippen molar-refractivity contribution in [2.24, 2.45) is 5.73 Å². The molecule has 6 heteroatoms. The normalized spacial score (nSPS) is 11.5. The molecule has 0 aliphatic heterocycles. The topological polar surface area (TPSA) is 50.9 Å². The number of halogens is 3. The van der Waals surface area contributed by atoms with Gasteiger partial charge in [-0.15, -0.1) is 0 Å². The Bertz CT molecular complexity index is 294. The van der Waals surface area contributed by atoms with Gasteiger partial charge in [-0.25, -0.2) is 4.98 Å². The monoisotopic (exact) mass is 219 g/mol. The number of hydrogen-bond acceptors (Lipinski definition) is 3. The number of rotatable bonds is 4. The summed E-state index contributed by atoms with van der Waals surface area (Å²) >= 11 is 0. The van der Waals surface area contributed by atoms with Crippen LogP contribution in [0.3, 0.4) is 0 Å². The lowest BCUT2D eigenvalue weighted by Crippen LogP contribution is -2.10. The van der Waals surface area contributed by atoms with E-state index < -0.39 is 11.7 Å². The number of hydrogen-bond donors (Lipinski definition) is 2. The summed E-state index contributed by atoms with van der Waals surface area (Å²) in [6.45, 7) is 1.14. The van der Waals surface area contributed by atoms with Crippen LogP contribution < -0.4 is 11.1 Å². The van der Waals surface area contributed by atoms with Crippen molar-refractivity contribution in [3.05, 3.63) is 23.9 Å². The fraction of sp³-hybridized carbons (Fsp3) is 0.444. The molecule has 0 saturated heterocycles. The average Bonchev–Trinajstić information content (AvgIpc) is 2.18. The van der Waals surface area contributed by atoms with Gasteiger partial charge in [-0.05, 0) is 25.1 Å². The van der Waals surface area contributed by atoms with Crippen LogP contribution in [0.5, 0.6) is 0 Å². The molecule has 84 valence electrons. The van der Waals surface area contributed by atoms with Crippen LogP contribution in [0.2, 0.25) is 0 Å². The summed E-state index contributed by atoms with van der Waals surface area (Å²) in [7, 11) is 0. The van der Waals surface area contributed by atoms with Crippen molar-refractivity contribution in [1.82, 2.24) is 4.98 Å². The molecule has 0 fully saturated rings. The van der Waals surface area contributed by atoms with Crippen LogP contribution in [0.1, 0.15) is 12.0 Å². The quantitative estimate of drug-likeness (QED) is 0.760. The third kappa shape index (κ3) is 3.75. The Kier molecular flexibility index (Phi) is 3.90. The smallest absolute Gasteiger partial charge is 0.370 e. The van der Waals surface area contributed by atoms with Crippen LogP contribution in [-0.4, -0.2) is 18.1 Å². The second-order valence-electron chi connectivity index (χ2n) is 3.00. The number of nitrogens with two attached hydrogens (primary N) is 1. The van der Waals surface area contributed by atoms with Crippen molar-refractivity contribution in [2.45, 2.75) is 12.6 Å². The van der Waals surface area contributed by atoms with E-state index in [4.69, 9.17) is 5.73 Å². The molecule has 1 aromatic rings. The maximum absolute atomic E-state index is 12.1. The maximum Gasteiger partial charge on any atom is 0.417 e.